The predicted molar refractivity (Wildman–Crippen MR) is 76.6 cm³/mol. The number of rotatable bonds is 4. The molecule has 1 atom stereocenters. The quantitative estimate of drug-likeness (QED) is 0.879. The molecule has 2 heterocycles. The van der Waals surface area contributed by atoms with Gasteiger partial charge in [0, 0.05) is 10.6 Å². The van der Waals surface area contributed by atoms with E-state index in [1.54, 1.807) is 11.3 Å². The van der Waals surface area contributed by atoms with Crippen LogP contribution in [0.3, 0.4) is 0 Å². The van der Waals surface area contributed by atoms with E-state index in [2.05, 4.69) is 23.2 Å². The molecule has 0 radical (unpaired) electrons. The molecule has 4 nitrogen and oxygen atoms in total. The molecule has 2 aromatic heterocycles. The SMILES string of the molecule is C[C@@H]1CCc2sc(-c3nnc(SCCO)o3)cc2C1. The third kappa shape index (κ3) is 2.85. The number of hydrogen-bond donors (Lipinski definition) is 1. The number of aliphatic hydroxyl groups excluding tert-OH is 1. The van der Waals surface area contributed by atoms with Gasteiger partial charge in [-0.15, -0.1) is 21.5 Å². The Balaban J connectivity index is 1.80. The van der Waals surface area contributed by atoms with Crippen molar-refractivity contribution in [2.75, 3.05) is 12.4 Å². The van der Waals surface area contributed by atoms with Crippen molar-refractivity contribution in [1.29, 1.82) is 0 Å². The Morgan fingerprint density at radius 2 is 2.42 bits per heavy atom. The number of aryl methyl sites for hydroxylation is 1. The topological polar surface area (TPSA) is 59.2 Å². The maximum absolute atomic E-state index is 8.78. The fourth-order valence-corrected chi connectivity index (χ4v) is 3.94. The average Bonchev–Trinajstić information content (AvgIpc) is 3.01. The fourth-order valence-electron chi connectivity index (χ4n) is 2.31. The van der Waals surface area contributed by atoms with Gasteiger partial charge < -0.3 is 9.52 Å². The van der Waals surface area contributed by atoms with Crippen LogP contribution >= 0.6 is 23.1 Å². The van der Waals surface area contributed by atoms with Crippen LogP contribution in [0, 0.1) is 5.92 Å². The number of thioether (sulfide) groups is 1. The van der Waals surface area contributed by atoms with Crippen molar-refractivity contribution in [3.63, 3.8) is 0 Å². The van der Waals surface area contributed by atoms with Crippen LogP contribution in [0.2, 0.25) is 0 Å². The smallest absolute Gasteiger partial charge is 0.276 e. The standard InChI is InChI=1S/C13H16N2O2S2/c1-8-2-3-10-9(6-8)7-11(19-10)12-14-15-13(17-12)18-5-4-16/h7-8,16H,2-6H2,1H3/t8-/m1/s1. The van der Waals surface area contributed by atoms with E-state index >= 15 is 0 Å². The van der Waals surface area contributed by atoms with Crippen molar-refractivity contribution in [2.24, 2.45) is 5.92 Å². The summed E-state index contributed by atoms with van der Waals surface area (Å²) in [7, 11) is 0. The zero-order valence-electron chi connectivity index (χ0n) is 10.8. The molecule has 1 N–H and O–H groups in total. The molecule has 0 aliphatic heterocycles. The molecule has 102 valence electrons. The highest BCUT2D eigenvalue weighted by atomic mass is 32.2. The lowest BCUT2D eigenvalue weighted by atomic mass is 9.90. The summed E-state index contributed by atoms with van der Waals surface area (Å²) in [6.07, 6.45) is 3.60. The molecule has 2 aromatic rings. The summed E-state index contributed by atoms with van der Waals surface area (Å²) in [5.41, 5.74) is 1.45. The van der Waals surface area contributed by atoms with Crippen LogP contribution in [0.1, 0.15) is 23.8 Å². The molecule has 0 aromatic carbocycles. The van der Waals surface area contributed by atoms with E-state index in [9.17, 15) is 0 Å². The van der Waals surface area contributed by atoms with Crippen molar-refractivity contribution in [3.05, 3.63) is 16.5 Å². The van der Waals surface area contributed by atoms with Gasteiger partial charge >= 0.3 is 0 Å². The highest BCUT2D eigenvalue weighted by molar-refractivity contribution is 7.99. The van der Waals surface area contributed by atoms with Gasteiger partial charge in [-0.3, -0.25) is 0 Å². The van der Waals surface area contributed by atoms with E-state index < -0.39 is 0 Å². The third-order valence-electron chi connectivity index (χ3n) is 3.26. The van der Waals surface area contributed by atoms with Gasteiger partial charge in [0.2, 0.25) is 0 Å². The molecule has 6 heteroatoms. The molecule has 3 rings (SSSR count). The Hall–Kier alpha value is -0.850. The van der Waals surface area contributed by atoms with E-state index in [1.165, 1.54) is 35.0 Å². The van der Waals surface area contributed by atoms with Crippen LogP contribution in [0.4, 0.5) is 0 Å². The van der Waals surface area contributed by atoms with Crippen molar-refractivity contribution < 1.29 is 9.52 Å². The number of fused-ring (bicyclic) bond motifs is 1. The maximum atomic E-state index is 8.78. The lowest BCUT2D eigenvalue weighted by Gasteiger charge is -2.16. The van der Waals surface area contributed by atoms with Gasteiger partial charge in [0.05, 0.1) is 11.5 Å². The van der Waals surface area contributed by atoms with Crippen LogP contribution in [-0.4, -0.2) is 27.7 Å². The van der Waals surface area contributed by atoms with Crippen LogP contribution in [0.15, 0.2) is 15.7 Å². The Labute approximate surface area is 120 Å². The average molecular weight is 296 g/mol. The summed E-state index contributed by atoms with van der Waals surface area (Å²) < 4.78 is 5.62. The van der Waals surface area contributed by atoms with Crippen molar-refractivity contribution in [2.45, 2.75) is 31.4 Å². The summed E-state index contributed by atoms with van der Waals surface area (Å²) in [5.74, 6) is 1.96. The maximum Gasteiger partial charge on any atom is 0.276 e. The van der Waals surface area contributed by atoms with Crippen molar-refractivity contribution in [3.8, 4) is 10.8 Å². The van der Waals surface area contributed by atoms with Gasteiger partial charge in [-0.25, -0.2) is 0 Å². The largest absolute Gasteiger partial charge is 0.410 e. The highest BCUT2D eigenvalue weighted by Gasteiger charge is 2.20. The lowest BCUT2D eigenvalue weighted by molar-refractivity contribution is 0.322. The van der Waals surface area contributed by atoms with E-state index in [4.69, 9.17) is 9.52 Å². The molecular formula is C13H16N2O2S2. The molecule has 1 aliphatic rings. The van der Waals surface area contributed by atoms with Gasteiger partial charge in [0.1, 0.15) is 0 Å². The van der Waals surface area contributed by atoms with Gasteiger partial charge in [-0.05, 0) is 36.8 Å². The second kappa shape index (κ2) is 5.64. The van der Waals surface area contributed by atoms with Crippen LogP contribution in [-0.2, 0) is 12.8 Å². The molecule has 0 saturated heterocycles. The number of hydrogen-bond acceptors (Lipinski definition) is 6. The summed E-state index contributed by atoms with van der Waals surface area (Å²) >= 11 is 3.16. The van der Waals surface area contributed by atoms with Gasteiger partial charge in [0.25, 0.3) is 11.1 Å². The van der Waals surface area contributed by atoms with E-state index in [0.717, 1.165) is 17.2 Å². The normalized spacial score (nSPS) is 18.5. The van der Waals surface area contributed by atoms with E-state index in [0.29, 0.717) is 16.9 Å². The van der Waals surface area contributed by atoms with Gasteiger partial charge in [0.15, 0.2) is 0 Å². The Kier molecular flexibility index (Phi) is 3.91. The number of nitrogens with zero attached hydrogens (tertiary/aromatic N) is 2. The lowest BCUT2D eigenvalue weighted by Crippen LogP contribution is -2.07. The zero-order valence-corrected chi connectivity index (χ0v) is 12.4. The summed E-state index contributed by atoms with van der Waals surface area (Å²) in [5, 5.41) is 17.4. The first kappa shape index (κ1) is 13.1. The first-order valence-corrected chi connectivity index (χ1v) is 8.25. The second-order valence-corrected chi connectivity index (χ2v) is 7.04. The fraction of sp³-hybridized carbons (Fsp3) is 0.538. The Morgan fingerprint density at radius 1 is 1.53 bits per heavy atom. The van der Waals surface area contributed by atoms with Gasteiger partial charge in [-0.2, -0.15) is 0 Å². The minimum atomic E-state index is 0.119. The number of aliphatic hydroxyl groups is 1. The summed E-state index contributed by atoms with van der Waals surface area (Å²) in [6.45, 7) is 2.42. The number of thiophene rings is 1. The third-order valence-corrected chi connectivity index (χ3v) is 5.29. The Morgan fingerprint density at radius 3 is 3.26 bits per heavy atom. The molecule has 1 aliphatic carbocycles. The minimum Gasteiger partial charge on any atom is -0.410 e. The molecule has 0 bridgehead atoms. The molecule has 19 heavy (non-hydrogen) atoms. The van der Waals surface area contributed by atoms with Crippen molar-refractivity contribution >= 4 is 23.1 Å². The molecule has 0 fully saturated rings. The van der Waals surface area contributed by atoms with Crippen LogP contribution in [0.5, 0.6) is 0 Å². The van der Waals surface area contributed by atoms with Gasteiger partial charge in [-0.1, -0.05) is 18.7 Å². The first-order chi connectivity index (χ1) is 9.26. The minimum absolute atomic E-state index is 0.119. The van der Waals surface area contributed by atoms with Crippen LogP contribution in [0.25, 0.3) is 10.8 Å². The monoisotopic (exact) mass is 296 g/mol. The summed E-state index contributed by atoms with van der Waals surface area (Å²) in [6, 6.07) is 2.20. The van der Waals surface area contributed by atoms with E-state index in [-0.39, 0.29) is 6.61 Å². The molecule has 0 saturated carbocycles. The molecule has 0 amide bonds. The van der Waals surface area contributed by atoms with Crippen molar-refractivity contribution in [1.82, 2.24) is 10.2 Å². The number of aromatic nitrogens is 2. The van der Waals surface area contributed by atoms with Crippen LogP contribution < -0.4 is 0 Å². The first-order valence-electron chi connectivity index (χ1n) is 6.45. The van der Waals surface area contributed by atoms with E-state index in [1.807, 2.05) is 0 Å². The second-order valence-electron chi connectivity index (χ2n) is 4.85. The molecule has 0 unspecified atom stereocenters. The zero-order chi connectivity index (χ0) is 13.2. The molecular weight excluding hydrogens is 280 g/mol. The predicted octanol–water partition coefficient (Wildman–Crippen LogP) is 3.01. The Bertz CT molecular complexity index is 565. The summed E-state index contributed by atoms with van der Waals surface area (Å²) in [4.78, 5) is 2.54. The molecule has 0 spiro atoms. The highest BCUT2D eigenvalue weighted by Crippen LogP contribution is 2.37.